The van der Waals surface area contributed by atoms with Crippen molar-refractivity contribution in [2.45, 2.75) is 30.9 Å². The number of primary amides is 1. The van der Waals surface area contributed by atoms with Gasteiger partial charge in [-0.3, -0.25) is 10.1 Å². The maximum Gasteiger partial charge on any atom is 0.318 e. The molecule has 1 rings (SSSR count). The van der Waals surface area contributed by atoms with E-state index in [1.807, 2.05) is 5.32 Å². The molecule has 1 aliphatic carbocycles. The number of amides is 3. The van der Waals surface area contributed by atoms with Gasteiger partial charge in [-0.15, -0.1) is 11.8 Å². The molecular formula is C8H14N2O2S. The summed E-state index contributed by atoms with van der Waals surface area (Å²) in [5.74, 6) is 0.0533. The molecule has 3 amide bonds. The van der Waals surface area contributed by atoms with Crippen molar-refractivity contribution < 1.29 is 9.59 Å². The van der Waals surface area contributed by atoms with Crippen LogP contribution in [0, 0.1) is 0 Å². The first-order valence-electron chi connectivity index (χ1n) is 4.39. The Morgan fingerprint density at radius 3 is 2.54 bits per heavy atom. The molecule has 0 aliphatic heterocycles. The number of carbonyl (C=O) groups excluding carboxylic acids is 2. The molecule has 0 spiro atoms. The summed E-state index contributed by atoms with van der Waals surface area (Å²) in [6.07, 6.45) is 4.90. The standard InChI is InChI=1S/C8H14N2O2S/c9-8(12)10-7(11)5-13-6-3-1-2-4-6/h6H,1-5H2,(H3,9,10,11,12). The van der Waals surface area contributed by atoms with Crippen LogP contribution in [-0.2, 0) is 4.79 Å². The number of nitrogens with two attached hydrogens (primary N) is 1. The number of hydrogen-bond donors (Lipinski definition) is 2. The maximum atomic E-state index is 11.0. The Hall–Kier alpha value is -0.710. The number of hydrogen-bond acceptors (Lipinski definition) is 3. The summed E-state index contributed by atoms with van der Waals surface area (Å²) in [5, 5.41) is 2.64. The Morgan fingerprint density at radius 2 is 2.00 bits per heavy atom. The largest absolute Gasteiger partial charge is 0.351 e. The molecule has 3 N–H and O–H groups in total. The van der Waals surface area contributed by atoms with Gasteiger partial charge >= 0.3 is 6.03 Å². The molecule has 5 heteroatoms. The Morgan fingerprint density at radius 1 is 1.38 bits per heavy atom. The highest BCUT2D eigenvalue weighted by atomic mass is 32.2. The van der Waals surface area contributed by atoms with Gasteiger partial charge in [0.2, 0.25) is 5.91 Å². The predicted octanol–water partition coefficient (Wildman–Crippen LogP) is 0.857. The average Bonchev–Trinajstić information content (AvgIpc) is 2.51. The van der Waals surface area contributed by atoms with Crippen LogP contribution in [0.4, 0.5) is 4.79 Å². The summed E-state index contributed by atoms with van der Waals surface area (Å²) in [6, 6.07) is -0.767. The molecule has 0 unspecified atom stereocenters. The van der Waals surface area contributed by atoms with Gasteiger partial charge in [0.15, 0.2) is 0 Å². The Bertz CT molecular complexity index is 202. The number of carbonyl (C=O) groups is 2. The number of imide groups is 1. The fourth-order valence-electron chi connectivity index (χ4n) is 1.42. The molecule has 0 aromatic rings. The Labute approximate surface area is 81.6 Å². The zero-order valence-corrected chi connectivity index (χ0v) is 8.23. The van der Waals surface area contributed by atoms with Crippen LogP contribution >= 0.6 is 11.8 Å². The van der Waals surface area contributed by atoms with Crippen molar-refractivity contribution in [3.63, 3.8) is 0 Å². The number of urea groups is 1. The molecular weight excluding hydrogens is 188 g/mol. The second-order valence-electron chi connectivity index (χ2n) is 3.13. The summed E-state index contributed by atoms with van der Waals surface area (Å²) in [5.41, 5.74) is 4.80. The second kappa shape index (κ2) is 5.11. The van der Waals surface area contributed by atoms with Crippen LogP contribution in [0.3, 0.4) is 0 Å². The van der Waals surface area contributed by atoms with Gasteiger partial charge in [-0.2, -0.15) is 0 Å². The van der Waals surface area contributed by atoms with Gasteiger partial charge in [-0.1, -0.05) is 12.8 Å². The van der Waals surface area contributed by atoms with Crippen LogP contribution in [0.25, 0.3) is 0 Å². The fraction of sp³-hybridized carbons (Fsp3) is 0.750. The van der Waals surface area contributed by atoms with Crippen LogP contribution in [-0.4, -0.2) is 22.9 Å². The lowest BCUT2D eigenvalue weighted by Gasteiger charge is -2.06. The van der Waals surface area contributed by atoms with Crippen LogP contribution < -0.4 is 11.1 Å². The molecule has 1 saturated carbocycles. The highest BCUT2D eigenvalue weighted by Crippen LogP contribution is 2.28. The highest BCUT2D eigenvalue weighted by Gasteiger charge is 2.16. The first kappa shape index (κ1) is 10.4. The van der Waals surface area contributed by atoms with Crippen LogP contribution in [0.1, 0.15) is 25.7 Å². The van der Waals surface area contributed by atoms with Crippen molar-refractivity contribution in [2.75, 3.05) is 5.75 Å². The summed E-state index contributed by atoms with van der Waals surface area (Å²) < 4.78 is 0. The number of rotatable bonds is 3. The number of nitrogens with one attached hydrogen (secondary N) is 1. The smallest absolute Gasteiger partial charge is 0.318 e. The van der Waals surface area contributed by atoms with Crippen molar-refractivity contribution in [3.8, 4) is 0 Å². The Balaban J connectivity index is 2.10. The minimum atomic E-state index is -0.767. The molecule has 0 bridgehead atoms. The van der Waals surface area contributed by atoms with Crippen LogP contribution in [0.5, 0.6) is 0 Å². The van der Waals surface area contributed by atoms with E-state index in [0.29, 0.717) is 11.0 Å². The lowest BCUT2D eigenvalue weighted by atomic mass is 10.4. The summed E-state index contributed by atoms with van der Waals surface area (Å²) >= 11 is 1.61. The van der Waals surface area contributed by atoms with Crippen molar-refractivity contribution in [1.29, 1.82) is 0 Å². The molecule has 1 aliphatic rings. The predicted molar refractivity (Wildman–Crippen MR) is 52.4 cm³/mol. The average molecular weight is 202 g/mol. The molecule has 0 heterocycles. The molecule has 0 saturated heterocycles. The zero-order valence-electron chi connectivity index (χ0n) is 7.41. The monoisotopic (exact) mass is 202 g/mol. The number of thioether (sulfide) groups is 1. The second-order valence-corrected chi connectivity index (χ2v) is 4.42. The van der Waals surface area contributed by atoms with E-state index in [9.17, 15) is 9.59 Å². The zero-order chi connectivity index (χ0) is 9.68. The van der Waals surface area contributed by atoms with Gasteiger partial charge in [0.25, 0.3) is 0 Å². The quantitative estimate of drug-likeness (QED) is 0.713. The van der Waals surface area contributed by atoms with E-state index in [1.54, 1.807) is 11.8 Å². The van der Waals surface area contributed by atoms with E-state index in [4.69, 9.17) is 5.73 Å². The van der Waals surface area contributed by atoms with E-state index >= 15 is 0 Å². The van der Waals surface area contributed by atoms with Gasteiger partial charge in [0, 0.05) is 5.25 Å². The first-order valence-corrected chi connectivity index (χ1v) is 5.44. The molecule has 0 aromatic heterocycles. The molecule has 1 fully saturated rings. The minimum absolute atomic E-state index is 0.288. The molecule has 0 atom stereocenters. The van der Waals surface area contributed by atoms with E-state index in [2.05, 4.69) is 0 Å². The molecule has 13 heavy (non-hydrogen) atoms. The summed E-state index contributed by atoms with van der Waals surface area (Å²) in [4.78, 5) is 21.3. The van der Waals surface area contributed by atoms with E-state index in [0.717, 1.165) is 0 Å². The molecule has 0 aromatic carbocycles. The Kier molecular flexibility index (Phi) is 4.08. The van der Waals surface area contributed by atoms with E-state index in [1.165, 1.54) is 25.7 Å². The third-order valence-corrected chi connectivity index (χ3v) is 3.39. The lowest BCUT2D eigenvalue weighted by molar-refractivity contribution is -0.117. The normalized spacial score (nSPS) is 17.2. The van der Waals surface area contributed by atoms with Gasteiger partial charge < -0.3 is 5.73 Å². The summed E-state index contributed by atoms with van der Waals surface area (Å²) in [6.45, 7) is 0. The maximum absolute atomic E-state index is 11.0. The van der Waals surface area contributed by atoms with Crippen molar-refractivity contribution >= 4 is 23.7 Å². The van der Waals surface area contributed by atoms with Crippen LogP contribution in [0.2, 0.25) is 0 Å². The minimum Gasteiger partial charge on any atom is -0.351 e. The lowest BCUT2D eigenvalue weighted by Crippen LogP contribution is -2.36. The van der Waals surface area contributed by atoms with Gasteiger partial charge in [-0.25, -0.2) is 4.79 Å². The fourth-order valence-corrected chi connectivity index (χ4v) is 2.55. The first-order chi connectivity index (χ1) is 6.18. The van der Waals surface area contributed by atoms with E-state index < -0.39 is 6.03 Å². The third-order valence-electron chi connectivity index (χ3n) is 2.01. The molecule has 0 radical (unpaired) electrons. The van der Waals surface area contributed by atoms with Gasteiger partial charge in [-0.05, 0) is 12.8 Å². The van der Waals surface area contributed by atoms with Crippen molar-refractivity contribution in [3.05, 3.63) is 0 Å². The van der Waals surface area contributed by atoms with Crippen molar-refractivity contribution in [2.24, 2.45) is 5.73 Å². The third kappa shape index (κ3) is 4.17. The topological polar surface area (TPSA) is 72.2 Å². The van der Waals surface area contributed by atoms with E-state index in [-0.39, 0.29) is 5.91 Å². The molecule has 74 valence electrons. The van der Waals surface area contributed by atoms with Gasteiger partial charge in [0.05, 0.1) is 5.75 Å². The SMILES string of the molecule is NC(=O)NC(=O)CSC1CCCC1. The highest BCUT2D eigenvalue weighted by molar-refractivity contribution is 8.00. The van der Waals surface area contributed by atoms with Crippen LogP contribution in [0.15, 0.2) is 0 Å². The van der Waals surface area contributed by atoms with Gasteiger partial charge in [0.1, 0.15) is 0 Å². The van der Waals surface area contributed by atoms with Crippen molar-refractivity contribution in [1.82, 2.24) is 5.32 Å². The summed E-state index contributed by atoms with van der Waals surface area (Å²) in [7, 11) is 0. The molecule has 4 nitrogen and oxygen atoms in total.